The highest BCUT2D eigenvalue weighted by atomic mass is 35.5. The third kappa shape index (κ3) is 4.47. The maximum Gasteiger partial charge on any atom is 0.282 e. The Hall–Kier alpha value is -2.05. The lowest BCUT2D eigenvalue weighted by Crippen LogP contribution is -2.50. The predicted molar refractivity (Wildman–Crippen MR) is 136 cm³/mol. The number of thiophene rings is 1. The minimum absolute atomic E-state index is 0.150. The van der Waals surface area contributed by atoms with Crippen LogP contribution in [0, 0.1) is 5.41 Å². The molecule has 1 N–H and O–H groups in total. The second-order valence-corrected chi connectivity index (χ2v) is 13.3. The van der Waals surface area contributed by atoms with E-state index in [4.69, 9.17) is 17.0 Å². The summed E-state index contributed by atoms with van der Waals surface area (Å²) >= 11 is 8.66. The number of piperazine rings is 1. The molecule has 0 spiro atoms. The van der Waals surface area contributed by atoms with Crippen LogP contribution < -0.4 is 0 Å². The number of amidine groups is 1. The molecular weight excluding hydrogens is 514 g/mol. The van der Waals surface area contributed by atoms with Crippen LogP contribution in [0.15, 0.2) is 34.7 Å². The largest absolute Gasteiger partial charge is 0.360 e. The molecule has 180 valence electrons. The summed E-state index contributed by atoms with van der Waals surface area (Å²) < 4.78 is 28.9. The van der Waals surface area contributed by atoms with E-state index >= 15 is 0 Å². The Morgan fingerprint density at radius 3 is 2.59 bits per heavy atom. The van der Waals surface area contributed by atoms with Crippen molar-refractivity contribution in [1.29, 1.82) is 5.41 Å². The summed E-state index contributed by atoms with van der Waals surface area (Å²) in [7, 11) is -3.63. The van der Waals surface area contributed by atoms with E-state index in [1.165, 1.54) is 27.0 Å². The summed E-state index contributed by atoms with van der Waals surface area (Å²) in [5, 5.41) is 9.67. The number of aromatic nitrogens is 1. The molecule has 12 heteroatoms. The Balaban J connectivity index is 1.23. The first-order chi connectivity index (χ1) is 16.2. The van der Waals surface area contributed by atoms with Crippen molar-refractivity contribution in [2.45, 2.75) is 23.5 Å². The van der Waals surface area contributed by atoms with Crippen molar-refractivity contribution in [2.75, 3.05) is 39.3 Å². The smallest absolute Gasteiger partial charge is 0.282 e. The molecule has 2 saturated heterocycles. The lowest BCUT2D eigenvalue weighted by Gasteiger charge is -2.33. The van der Waals surface area contributed by atoms with Crippen molar-refractivity contribution in [3.63, 3.8) is 0 Å². The van der Waals surface area contributed by atoms with Gasteiger partial charge in [0.05, 0.1) is 5.84 Å². The number of carbonyl (C=O) groups excluding carboxylic acids is 1. The predicted octanol–water partition coefficient (Wildman–Crippen LogP) is 3.94. The minimum Gasteiger partial charge on any atom is -0.360 e. The average Bonchev–Trinajstić information content (AvgIpc) is 3.57. The second kappa shape index (κ2) is 9.19. The SMILES string of the molecule is CC(=N)N1CCC(c2cnc(C(=O)N3CCN(S(=O)(=O)c4cc5ccc(Cl)cc5s4)CC3)s2)C1. The number of thiazole rings is 1. The number of hydrogen-bond donors (Lipinski definition) is 1. The molecule has 0 radical (unpaired) electrons. The number of hydrogen-bond acceptors (Lipinski definition) is 7. The number of benzene rings is 1. The second-order valence-electron chi connectivity index (χ2n) is 8.53. The summed E-state index contributed by atoms with van der Waals surface area (Å²) in [6.07, 6.45) is 2.73. The van der Waals surface area contributed by atoms with E-state index in [2.05, 4.69) is 4.98 Å². The van der Waals surface area contributed by atoms with Crippen molar-refractivity contribution in [3.05, 3.63) is 45.4 Å². The standard InChI is InChI=1S/C22H24ClN5O3S3/c1-14(24)27-5-4-16(13-27)19-12-25-21(33-19)22(29)26-6-8-28(9-7-26)34(30,31)20-10-15-2-3-17(23)11-18(15)32-20/h2-3,10-12,16,24H,4-9,13H2,1H3. The van der Waals surface area contributed by atoms with Crippen LogP contribution in [0.4, 0.5) is 0 Å². The van der Waals surface area contributed by atoms with Gasteiger partial charge in [0.25, 0.3) is 15.9 Å². The topological polar surface area (TPSA) is 97.7 Å². The van der Waals surface area contributed by atoms with Crippen LogP contribution in [0.1, 0.15) is 33.9 Å². The van der Waals surface area contributed by atoms with Gasteiger partial charge in [-0.05, 0) is 36.9 Å². The van der Waals surface area contributed by atoms with Crippen LogP contribution in [0.2, 0.25) is 5.02 Å². The molecule has 34 heavy (non-hydrogen) atoms. The van der Waals surface area contributed by atoms with Crippen LogP contribution in [0.25, 0.3) is 10.1 Å². The van der Waals surface area contributed by atoms with Gasteiger partial charge in [0.1, 0.15) is 4.21 Å². The molecule has 0 bridgehead atoms. The molecule has 2 fully saturated rings. The van der Waals surface area contributed by atoms with Gasteiger partial charge in [-0.1, -0.05) is 17.7 Å². The van der Waals surface area contributed by atoms with Crippen molar-refractivity contribution in [2.24, 2.45) is 0 Å². The maximum absolute atomic E-state index is 13.2. The first-order valence-corrected chi connectivity index (χ1v) is 14.4. The van der Waals surface area contributed by atoms with Gasteiger partial charge in [-0.3, -0.25) is 10.2 Å². The van der Waals surface area contributed by atoms with E-state index < -0.39 is 10.0 Å². The van der Waals surface area contributed by atoms with Gasteiger partial charge >= 0.3 is 0 Å². The molecule has 3 aromatic rings. The van der Waals surface area contributed by atoms with Crippen LogP contribution in [0.5, 0.6) is 0 Å². The molecule has 2 aliphatic heterocycles. The van der Waals surface area contributed by atoms with E-state index in [9.17, 15) is 13.2 Å². The van der Waals surface area contributed by atoms with E-state index in [0.717, 1.165) is 34.5 Å². The molecule has 1 amide bonds. The molecule has 2 aliphatic rings. The third-order valence-corrected chi connectivity index (χ3v) is 11.2. The Kier molecular flexibility index (Phi) is 6.40. The van der Waals surface area contributed by atoms with Crippen molar-refractivity contribution in [3.8, 4) is 0 Å². The Morgan fingerprint density at radius 2 is 1.88 bits per heavy atom. The first kappa shape index (κ1) is 23.7. The number of carbonyl (C=O) groups is 1. The highest BCUT2D eigenvalue weighted by Crippen LogP contribution is 2.34. The fourth-order valence-corrected chi connectivity index (χ4v) is 8.63. The van der Waals surface area contributed by atoms with E-state index in [1.54, 1.807) is 36.2 Å². The zero-order chi connectivity index (χ0) is 24.0. The van der Waals surface area contributed by atoms with Gasteiger partial charge in [0.15, 0.2) is 5.01 Å². The van der Waals surface area contributed by atoms with E-state index in [-0.39, 0.29) is 24.9 Å². The molecule has 0 aliphatic carbocycles. The molecule has 1 atom stereocenters. The molecule has 2 aromatic heterocycles. The summed E-state index contributed by atoms with van der Waals surface area (Å²) in [5.74, 6) is 0.705. The monoisotopic (exact) mass is 537 g/mol. The number of sulfonamides is 1. The van der Waals surface area contributed by atoms with Gasteiger partial charge in [0.2, 0.25) is 0 Å². The number of likely N-dealkylation sites (tertiary alicyclic amines) is 1. The average molecular weight is 538 g/mol. The maximum atomic E-state index is 13.2. The first-order valence-electron chi connectivity index (χ1n) is 11.0. The van der Waals surface area contributed by atoms with Crippen LogP contribution in [-0.4, -0.2) is 78.5 Å². The zero-order valence-corrected chi connectivity index (χ0v) is 21.7. The number of fused-ring (bicyclic) bond motifs is 1. The molecule has 5 rings (SSSR count). The van der Waals surface area contributed by atoms with Crippen LogP contribution in [0.3, 0.4) is 0 Å². The Labute approximate surface area is 211 Å². The molecule has 1 aromatic carbocycles. The molecular formula is C22H24ClN5O3S3. The van der Waals surface area contributed by atoms with Crippen molar-refractivity contribution in [1.82, 2.24) is 19.1 Å². The van der Waals surface area contributed by atoms with Gasteiger partial charge in [-0.15, -0.1) is 22.7 Å². The fourth-order valence-electron chi connectivity index (χ4n) is 4.37. The highest BCUT2D eigenvalue weighted by Gasteiger charge is 2.33. The molecule has 4 heterocycles. The number of halogens is 1. The summed E-state index contributed by atoms with van der Waals surface area (Å²) in [6.45, 7) is 4.58. The quantitative estimate of drug-likeness (QED) is 0.401. The number of nitrogens with one attached hydrogen (secondary N) is 1. The van der Waals surface area contributed by atoms with Gasteiger partial charge in [0, 0.05) is 66.0 Å². The van der Waals surface area contributed by atoms with E-state index in [1.807, 2.05) is 11.0 Å². The van der Waals surface area contributed by atoms with E-state index in [0.29, 0.717) is 33.2 Å². The highest BCUT2D eigenvalue weighted by molar-refractivity contribution is 7.91. The van der Waals surface area contributed by atoms with Crippen LogP contribution in [-0.2, 0) is 10.0 Å². The summed E-state index contributed by atoms with van der Waals surface area (Å²) in [6, 6.07) is 7.03. The number of rotatable bonds is 4. The third-order valence-electron chi connectivity index (χ3n) is 6.35. The lowest BCUT2D eigenvalue weighted by atomic mass is 10.1. The van der Waals surface area contributed by atoms with Gasteiger partial charge < -0.3 is 9.80 Å². The number of amides is 1. The zero-order valence-electron chi connectivity index (χ0n) is 18.5. The van der Waals surface area contributed by atoms with Crippen molar-refractivity contribution < 1.29 is 13.2 Å². The molecule has 0 saturated carbocycles. The summed E-state index contributed by atoms with van der Waals surface area (Å²) in [5.41, 5.74) is 0. The number of nitrogens with zero attached hydrogens (tertiary/aromatic N) is 4. The van der Waals surface area contributed by atoms with Crippen molar-refractivity contribution >= 4 is 66.1 Å². The molecule has 8 nitrogen and oxygen atoms in total. The van der Waals surface area contributed by atoms with Gasteiger partial charge in [-0.25, -0.2) is 13.4 Å². The van der Waals surface area contributed by atoms with Crippen LogP contribution >= 0.6 is 34.3 Å². The minimum atomic E-state index is -3.63. The normalized spacial score (nSPS) is 19.8. The Bertz CT molecular complexity index is 1360. The Morgan fingerprint density at radius 1 is 1.12 bits per heavy atom. The fraction of sp³-hybridized carbons (Fsp3) is 0.409. The van der Waals surface area contributed by atoms with Gasteiger partial charge in [-0.2, -0.15) is 4.31 Å². The molecule has 1 unspecified atom stereocenters. The summed E-state index contributed by atoms with van der Waals surface area (Å²) in [4.78, 5) is 22.2. The lowest BCUT2D eigenvalue weighted by molar-refractivity contribution is 0.0697.